The lowest BCUT2D eigenvalue weighted by Gasteiger charge is -2.46. The summed E-state index contributed by atoms with van der Waals surface area (Å²) in [7, 11) is -2.40. The minimum absolute atomic E-state index is 0.0951. The number of rotatable bonds is 9. The molecule has 3 heterocycles. The summed E-state index contributed by atoms with van der Waals surface area (Å²) < 4.78 is 21.4. The van der Waals surface area contributed by atoms with Gasteiger partial charge in [-0.25, -0.2) is 4.98 Å². The highest BCUT2D eigenvalue weighted by Gasteiger charge is 2.58. The van der Waals surface area contributed by atoms with Crippen molar-refractivity contribution < 1.29 is 19.0 Å². The average Bonchev–Trinajstić information content (AvgIpc) is 3.52. The molecule has 2 aliphatic rings. The van der Waals surface area contributed by atoms with Crippen molar-refractivity contribution in [1.29, 1.82) is 0 Å². The number of nitrogens with two attached hydrogens (primary N) is 1. The molecule has 1 aliphatic carbocycles. The van der Waals surface area contributed by atoms with Crippen LogP contribution in [0.3, 0.4) is 0 Å². The molecule has 0 aromatic carbocycles. The molecule has 0 unspecified atom stereocenters. The second-order valence-electron chi connectivity index (χ2n) is 11.4. The molecule has 0 bridgehead atoms. The van der Waals surface area contributed by atoms with Gasteiger partial charge in [0.15, 0.2) is 23.2 Å². The van der Waals surface area contributed by atoms with Gasteiger partial charge < -0.3 is 24.7 Å². The van der Waals surface area contributed by atoms with Crippen molar-refractivity contribution in [1.82, 2.24) is 19.5 Å². The van der Waals surface area contributed by atoms with Crippen molar-refractivity contribution in [3.8, 4) is 6.01 Å². The Morgan fingerprint density at radius 3 is 2.33 bits per heavy atom. The average molecular weight is 518 g/mol. The molecule has 2 fully saturated rings. The van der Waals surface area contributed by atoms with Crippen LogP contribution in [0.5, 0.6) is 6.01 Å². The largest absolute Gasteiger partial charge is 0.460 e. The Kier molecular flexibility index (Phi) is 7.54. The molecule has 36 heavy (non-hydrogen) atoms. The van der Waals surface area contributed by atoms with Crippen LogP contribution < -0.4 is 10.5 Å². The van der Waals surface area contributed by atoms with E-state index in [1.54, 1.807) is 17.0 Å². The summed E-state index contributed by atoms with van der Waals surface area (Å²) in [6.07, 6.45) is 5.62. The summed E-state index contributed by atoms with van der Waals surface area (Å²) in [5.41, 5.74) is 6.83. The Hall–Kier alpha value is -2.01. The standard InChI is InChI=1S/C26H43N5O4Si/c1-9-26(32)18(8)33-24(21(26)35-36(15(2)3,16(4)5)17(6)7)31-14-28-20-22(27)29-25(30-23(20)31)34-19-12-10-11-13-19/h9,14-19,21,24,32H,1,10-13H2,2-8H3,(H2,27,29,30)/t18-,21-,24-,26-/m1/s1. The second kappa shape index (κ2) is 10.0. The van der Waals surface area contributed by atoms with E-state index in [0.29, 0.717) is 27.8 Å². The highest BCUT2D eigenvalue weighted by molar-refractivity contribution is 6.77. The van der Waals surface area contributed by atoms with Crippen LogP contribution >= 0.6 is 0 Å². The van der Waals surface area contributed by atoms with Crippen LogP contribution in [0.2, 0.25) is 16.6 Å². The predicted octanol–water partition coefficient (Wildman–Crippen LogP) is 5.13. The monoisotopic (exact) mass is 517 g/mol. The van der Waals surface area contributed by atoms with E-state index in [9.17, 15) is 5.11 Å². The molecule has 2 aromatic heterocycles. The van der Waals surface area contributed by atoms with Crippen molar-refractivity contribution in [2.24, 2.45) is 0 Å². The Bertz CT molecular complexity index is 1060. The van der Waals surface area contributed by atoms with Crippen LogP contribution in [0.4, 0.5) is 5.82 Å². The third kappa shape index (κ3) is 4.35. The molecule has 1 saturated carbocycles. The van der Waals surface area contributed by atoms with Crippen molar-refractivity contribution in [3.05, 3.63) is 19.0 Å². The van der Waals surface area contributed by atoms with Crippen LogP contribution in [0.15, 0.2) is 19.0 Å². The van der Waals surface area contributed by atoms with Gasteiger partial charge in [0.2, 0.25) is 8.32 Å². The molecule has 0 amide bonds. The number of aliphatic hydroxyl groups is 1. The van der Waals surface area contributed by atoms with Gasteiger partial charge >= 0.3 is 6.01 Å². The van der Waals surface area contributed by atoms with Gasteiger partial charge in [0.25, 0.3) is 0 Å². The fourth-order valence-corrected chi connectivity index (χ4v) is 12.0. The third-order valence-electron chi connectivity index (χ3n) is 8.35. The molecule has 1 saturated heterocycles. The topological polar surface area (TPSA) is 118 Å². The van der Waals surface area contributed by atoms with Gasteiger partial charge in [-0.15, -0.1) is 6.58 Å². The van der Waals surface area contributed by atoms with E-state index < -0.39 is 32.4 Å². The molecule has 2 aromatic rings. The van der Waals surface area contributed by atoms with Crippen molar-refractivity contribution >= 4 is 25.3 Å². The van der Waals surface area contributed by atoms with E-state index in [1.807, 2.05) is 6.92 Å². The number of hydrogen-bond donors (Lipinski definition) is 2. The van der Waals surface area contributed by atoms with Crippen molar-refractivity contribution in [3.63, 3.8) is 0 Å². The quantitative estimate of drug-likeness (QED) is 0.347. The van der Waals surface area contributed by atoms with Gasteiger partial charge in [0.05, 0.1) is 12.4 Å². The first-order valence-corrected chi connectivity index (χ1v) is 15.5. The molecule has 200 valence electrons. The summed E-state index contributed by atoms with van der Waals surface area (Å²) in [5.74, 6) is 0.254. The lowest BCUT2D eigenvalue weighted by atomic mass is 9.93. The lowest BCUT2D eigenvalue weighted by Crippen LogP contribution is -2.56. The highest BCUT2D eigenvalue weighted by atomic mass is 28.4. The zero-order valence-electron chi connectivity index (χ0n) is 22.8. The van der Waals surface area contributed by atoms with Crippen LogP contribution in [-0.4, -0.2) is 56.9 Å². The smallest absolute Gasteiger partial charge is 0.320 e. The number of imidazole rings is 1. The van der Waals surface area contributed by atoms with E-state index in [1.165, 1.54) is 0 Å². The first-order valence-electron chi connectivity index (χ1n) is 13.3. The van der Waals surface area contributed by atoms with Crippen molar-refractivity contribution in [2.45, 2.75) is 121 Å². The van der Waals surface area contributed by atoms with Crippen LogP contribution in [0, 0.1) is 0 Å². The number of hydrogen-bond acceptors (Lipinski definition) is 8. The van der Waals surface area contributed by atoms with Gasteiger partial charge in [0.1, 0.15) is 17.8 Å². The minimum Gasteiger partial charge on any atom is -0.460 e. The van der Waals surface area contributed by atoms with Crippen molar-refractivity contribution in [2.75, 3.05) is 5.73 Å². The Balaban J connectivity index is 1.80. The van der Waals surface area contributed by atoms with Gasteiger partial charge in [-0.05, 0) is 49.2 Å². The molecule has 4 rings (SSSR count). The molecule has 0 spiro atoms. The molecular weight excluding hydrogens is 474 g/mol. The first kappa shape index (κ1) is 27.0. The Morgan fingerprint density at radius 1 is 1.17 bits per heavy atom. The molecule has 4 atom stereocenters. The summed E-state index contributed by atoms with van der Waals surface area (Å²) in [6, 6.07) is 0.242. The number of nitrogens with zero attached hydrogens (tertiary/aromatic N) is 4. The summed E-state index contributed by atoms with van der Waals surface area (Å²) in [6.45, 7) is 19.1. The van der Waals surface area contributed by atoms with Gasteiger partial charge in [-0.2, -0.15) is 9.97 Å². The number of anilines is 1. The van der Waals surface area contributed by atoms with E-state index in [4.69, 9.17) is 24.6 Å². The Labute approximate surface area is 215 Å². The minimum atomic E-state index is -2.40. The number of aromatic nitrogens is 4. The normalized spacial score (nSPS) is 27.7. The van der Waals surface area contributed by atoms with Crippen LogP contribution in [0.25, 0.3) is 11.2 Å². The number of ether oxygens (including phenoxy) is 2. The zero-order chi connectivity index (χ0) is 26.4. The van der Waals surface area contributed by atoms with Gasteiger partial charge in [-0.1, -0.05) is 47.6 Å². The predicted molar refractivity (Wildman–Crippen MR) is 143 cm³/mol. The zero-order valence-corrected chi connectivity index (χ0v) is 23.8. The van der Waals surface area contributed by atoms with Crippen LogP contribution in [0.1, 0.15) is 80.4 Å². The maximum atomic E-state index is 11.8. The lowest BCUT2D eigenvalue weighted by molar-refractivity contribution is -0.0299. The van der Waals surface area contributed by atoms with E-state index in [-0.39, 0.29) is 17.9 Å². The first-order chi connectivity index (χ1) is 17.0. The summed E-state index contributed by atoms with van der Waals surface area (Å²) in [5, 5.41) is 11.8. The second-order valence-corrected chi connectivity index (χ2v) is 16.8. The fourth-order valence-electron chi connectivity index (χ4n) is 6.44. The Morgan fingerprint density at radius 2 is 1.78 bits per heavy atom. The summed E-state index contributed by atoms with van der Waals surface area (Å²) in [4.78, 5) is 13.5. The fraction of sp³-hybridized carbons (Fsp3) is 0.731. The number of nitrogen functional groups attached to an aromatic ring is 1. The van der Waals surface area contributed by atoms with E-state index in [0.717, 1.165) is 25.7 Å². The maximum Gasteiger partial charge on any atom is 0.320 e. The molecule has 3 N–H and O–H groups in total. The van der Waals surface area contributed by atoms with E-state index >= 15 is 0 Å². The highest BCUT2D eigenvalue weighted by Crippen LogP contribution is 2.49. The van der Waals surface area contributed by atoms with Gasteiger partial charge in [-0.3, -0.25) is 4.57 Å². The third-order valence-corrected chi connectivity index (χ3v) is 14.4. The maximum absolute atomic E-state index is 11.8. The number of fused-ring (bicyclic) bond motifs is 1. The van der Waals surface area contributed by atoms with Gasteiger partial charge in [0, 0.05) is 0 Å². The molecular formula is C26H43N5O4Si. The molecule has 1 aliphatic heterocycles. The molecule has 0 radical (unpaired) electrons. The van der Waals surface area contributed by atoms with E-state index in [2.05, 4.69) is 58.1 Å². The SMILES string of the molecule is C=C[C@]1(O)[C@H](O[Si](C(C)C)(C(C)C)C(C)C)[C@H](n2cnc3c(N)nc(OC4CCCC4)nc32)O[C@@H]1C. The molecule has 9 nitrogen and oxygen atoms in total. The summed E-state index contributed by atoms with van der Waals surface area (Å²) >= 11 is 0. The molecule has 10 heteroatoms. The van der Waals surface area contributed by atoms with Crippen LogP contribution in [-0.2, 0) is 9.16 Å².